The van der Waals surface area contributed by atoms with Gasteiger partial charge >= 0.3 is 5.97 Å². The Bertz CT molecular complexity index is 475. The third-order valence-corrected chi connectivity index (χ3v) is 2.80. The summed E-state index contributed by atoms with van der Waals surface area (Å²) in [7, 11) is 0. The smallest absolute Gasteiger partial charge is 0.344 e. The van der Waals surface area contributed by atoms with Gasteiger partial charge in [0.25, 0.3) is 0 Å². The van der Waals surface area contributed by atoms with E-state index in [9.17, 15) is 4.79 Å². The van der Waals surface area contributed by atoms with Crippen LogP contribution in [0, 0.1) is 6.92 Å². The molecule has 0 heterocycles. The van der Waals surface area contributed by atoms with Gasteiger partial charge in [-0.2, -0.15) is 0 Å². The van der Waals surface area contributed by atoms with Crippen LogP contribution in [-0.2, 0) is 16.1 Å². The molecule has 0 aliphatic heterocycles. The van der Waals surface area contributed by atoms with Crippen LogP contribution in [0.1, 0.15) is 45.7 Å². The summed E-state index contributed by atoms with van der Waals surface area (Å²) < 4.78 is 10.8. The zero-order valence-electron chi connectivity index (χ0n) is 13.9. The van der Waals surface area contributed by atoms with E-state index in [0.29, 0.717) is 6.54 Å². The fourth-order valence-electron chi connectivity index (χ4n) is 1.85. The Morgan fingerprint density at radius 3 is 2.52 bits per heavy atom. The van der Waals surface area contributed by atoms with E-state index < -0.39 is 0 Å². The molecule has 1 aromatic carbocycles. The zero-order valence-corrected chi connectivity index (χ0v) is 13.9. The standard InChI is InChI=1S/C17H27NO3/c1-12(2)21-15(19)11-20-16-13(3)8-7-9-14(16)10-18-17(4,5)6/h7-9,12,18H,10-11H2,1-6H3. The van der Waals surface area contributed by atoms with E-state index in [0.717, 1.165) is 16.9 Å². The summed E-state index contributed by atoms with van der Waals surface area (Å²) in [6.45, 7) is 12.6. The van der Waals surface area contributed by atoms with Crippen molar-refractivity contribution in [3.05, 3.63) is 29.3 Å². The predicted octanol–water partition coefficient (Wildman–Crippen LogP) is 3.21. The number of esters is 1. The lowest BCUT2D eigenvalue weighted by Gasteiger charge is -2.22. The molecule has 4 nitrogen and oxygen atoms in total. The van der Waals surface area contributed by atoms with Crippen molar-refractivity contribution in [3.63, 3.8) is 0 Å². The number of aryl methyl sites for hydroxylation is 1. The van der Waals surface area contributed by atoms with Crippen LogP contribution in [0.4, 0.5) is 0 Å². The summed E-state index contributed by atoms with van der Waals surface area (Å²) in [5.41, 5.74) is 2.08. The van der Waals surface area contributed by atoms with Gasteiger partial charge in [-0.25, -0.2) is 4.79 Å². The number of benzene rings is 1. The number of rotatable bonds is 6. The van der Waals surface area contributed by atoms with Crippen molar-refractivity contribution in [1.29, 1.82) is 0 Å². The van der Waals surface area contributed by atoms with Crippen LogP contribution in [0.25, 0.3) is 0 Å². The molecule has 0 aliphatic rings. The van der Waals surface area contributed by atoms with E-state index in [1.807, 2.05) is 39.0 Å². The average molecular weight is 293 g/mol. The van der Waals surface area contributed by atoms with Crippen molar-refractivity contribution in [2.24, 2.45) is 0 Å². The summed E-state index contributed by atoms with van der Waals surface area (Å²) in [6, 6.07) is 5.98. The van der Waals surface area contributed by atoms with Gasteiger partial charge in [0, 0.05) is 17.6 Å². The molecule has 0 radical (unpaired) electrons. The van der Waals surface area contributed by atoms with Gasteiger partial charge in [0.05, 0.1) is 6.10 Å². The van der Waals surface area contributed by atoms with Gasteiger partial charge in [-0.15, -0.1) is 0 Å². The maximum absolute atomic E-state index is 11.6. The van der Waals surface area contributed by atoms with Crippen molar-refractivity contribution in [2.75, 3.05) is 6.61 Å². The number of ether oxygens (including phenoxy) is 2. The topological polar surface area (TPSA) is 47.6 Å². The molecule has 0 aliphatic carbocycles. The Kier molecular flexibility index (Phi) is 6.21. The quantitative estimate of drug-likeness (QED) is 0.818. The molecule has 21 heavy (non-hydrogen) atoms. The zero-order chi connectivity index (χ0) is 16.0. The molecule has 0 saturated carbocycles. The average Bonchev–Trinajstić information content (AvgIpc) is 2.33. The van der Waals surface area contributed by atoms with Gasteiger partial charge in [-0.3, -0.25) is 0 Å². The Balaban J connectivity index is 2.74. The first-order valence-corrected chi connectivity index (χ1v) is 7.35. The molecular formula is C17H27NO3. The molecule has 0 fully saturated rings. The van der Waals surface area contributed by atoms with Gasteiger partial charge in [-0.1, -0.05) is 18.2 Å². The Hall–Kier alpha value is -1.55. The summed E-state index contributed by atoms with van der Waals surface area (Å²) in [5, 5.41) is 3.43. The second-order valence-corrected chi connectivity index (χ2v) is 6.49. The van der Waals surface area contributed by atoms with Crippen LogP contribution in [0.15, 0.2) is 18.2 Å². The van der Waals surface area contributed by atoms with Crippen molar-refractivity contribution < 1.29 is 14.3 Å². The minimum atomic E-state index is -0.344. The van der Waals surface area contributed by atoms with Gasteiger partial charge in [-0.05, 0) is 47.1 Å². The largest absolute Gasteiger partial charge is 0.481 e. The summed E-state index contributed by atoms with van der Waals surface area (Å²) in [5.74, 6) is 0.415. The first kappa shape index (κ1) is 17.5. The van der Waals surface area contributed by atoms with Crippen molar-refractivity contribution in [2.45, 2.75) is 59.7 Å². The lowest BCUT2D eigenvalue weighted by atomic mass is 10.1. The molecule has 1 N–H and O–H groups in total. The molecule has 0 aromatic heterocycles. The SMILES string of the molecule is Cc1cccc(CNC(C)(C)C)c1OCC(=O)OC(C)C. The minimum Gasteiger partial charge on any atom is -0.481 e. The lowest BCUT2D eigenvalue weighted by Crippen LogP contribution is -2.35. The molecule has 0 amide bonds. The number of carbonyl (C=O) groups is 1. The molecule has 0 atom stereocenters. The molecule has 1 rings (SSSR count). The highest BCUT2D eigenvalue weighted by Gasteiger charge is 2.14. The number of nitrogens with one attached hydrogen (secondary N) is 1. The van der Waals surface area contributed by atoms with E-state index in [-0.39, 0.29) is 24.2 Å². The number of para-hydroxylation sites is 1. The van der Waals surface area contributed by atoms with Crippen LogP contribution in [0.2, 0.25) is 0 Å². The Morgan fingerprint density at radius 2 is 1.95 bits per heavy atom. The van der Waals surface area contributed by atoms with E-state index >= 15 is 0 Å². The van der Waals surface area contributed by atoms with Gasteiger partial charge in [0.1, 0.15) is 5.75 Å². The van der Waals surface area contributed by atoms with Crippen LogP contribution in [0.3, 0.4) is 0 Å². The number of hydrogen-bond acceptors (Lipinski definition) is 4. The molecule has 0 spiro atoms. The fourth-order valence-corrected chi connectivity index (χ4v) is 1.85. The second-order valence-electron chi connectivity index (χ2n) is 6.49. The van der Waals surface area contributed by atoms with Crippen molar-refractivity contribution >= 4 is 5.97 Å². The molecule has 118 valence electrons. The first-order chi connectivity index (χ1) is 9.69. The molecule has 0 unspecified atom stereocenters. The summed E-state index contributed by atoms with van der Waals surface area (Å²) in [4.78, 5) is 11.6. The highest BCUT2D eigenvalue weighted by atomic mass is 16.6. The van der Waals surface area contributed by atoms with Crippen LogP contribution in [0.5, 0.6) is 5.75 Å². The van der Waals surface area contributed by atoms with Gasteiger partial charge < -0.3 is 14.8 Å². The van der Waals surface area contributed by atoms with Gasteiger partial charge in [0.2, 0.25) is 0 Å². The molecule has 0 bridgehead atoms. The molecule has 4 heteroatoms. The number of carbonyl (C=O) groups excluding carboxylic acids is 1. The highest BCUT2D eigenvalue weighted by molar-refractivity contribution is 5.71. The van der Waals surface area contributed by atoms with E-state index in [2.05, 4.69) is 26.1 Å². The van der Waals surface area contributed by atoms with Crippen LogP contribution < -0.4 is 10.1 Å². The van der Waals surface area contributed by atoms with Crippen LogP contribution >= 0.6 is 0 Å². The monoisotopic (exact) mass is 293 g/mol. The third-order valence-electron chi connectivity index (χ3n) is 2.80. The maximum atomic E-state index is 11.6. The van der Waals surface area contributed by atoms with Crippen molar-refractivity contribution in [3.8, 4) is 5.75 Å². The maximum Gasteiger partial charge on any atom is 0.344 e. The van der Waals surface area contributed by atoms with E-state index in [4.69, 9.17) is 9.47 Å². The predicted molar refractivity (Wildman–Crippen MR) is 84.5 cm³/mol. The van der Waals surface area contributed by atoms with Gasteiger partial charge in [0.15, 0.2) is 6.61 Å². The first-order valence-electron chi connectivity index (χ1n) is 7.35. The fraction of sp³-hybridized carbons (Fsp3) is 0.588. The minimum absolute atomic E-state index is 0.0254. The summed E-state index contributed by atoms with van der Waals surface area (Å²) >= 11 is 0. The normalized spacial score (nSPS) is 11.6. The van der Waals surface area contributed by atoms with E-state index in [1.165, 1.54) is 0 Å². The van der Waals surface area contributed by atoms with E-state index in [1.54, 1.807) is 0 Å². The Labute approximate surface area is 127 Å². The summed E-state index contributed by atoms with van der Waals surface area (Å²) in [6.07, 6.45) is -0.125. The molecule has 1 aromatic rings. The molecular weight excluding hydrogens is 266 g/mol. The van der Waals surface area contributed by atoms with Crippen LogP contribution in [-0.4, -0.2) is 24.2 Å². The lowest BCUT2D eigenvalue weighted by molar-refractivity contribution is -0.149. The van der Waals surface area contributed by atoms with Crippen molar-refractivity contribution in [1.82, 2.24) is 5.32 Å². The Morgan fingerprint density at radius 1 is 1.29 bits per heavy atom. The molecule has 0 saturated heterocycles. The highest BCUT2D eigenvalue weighted by Crippen LogP contribution is 2.24. The number of hydrogen-bond donors (Lipinski definition) is 1. The second kappa shape index (κ2) is 7.46. The third kappa shape index (κ3) is 6.63.